The topological polar surface area (TPSA) is 12.0 Å². The minimum absolute atomic E-state index is 0.402. The third-order valence-corrected chi connectivity index (χ3v) is 4.81. The Morgan fingerprint density at radius 2 is 2.06 bits per heavy atom. The van der Waals surface area contributed by atoms with E-state index in [1.807, 2.05) is 17.4 Å². The van der Waals surface area contributed by atoms with Crippen LogP contribution in [-0.4, -0.2) is 0 Å². The summed E-state index contributed by atoms with van der Waals surface area (Å²) in [6, 6.07) is 8.79. The number of aryl methyl sites for hydroxylation is 1. The van der Waals surface area contributed by atoms with Crippen LogP contribution in [0.2, 0.25) is 4.34 Å². The van der Waals surface area contributed by atoms with Crippen molar-refractivity contribution in [2.24, 2.45) is 0 Å². The van der Waals surface area contributed by atoms with E-state index in [1.165, 1.54) is 14.6 Å². The maximum atomic E-state index is 5.89. The Balaban J connectivity index is 1.91. The maximum Gasteiger partial charge on any atom is 0.0931 e. The van der Waals surface area contributed by atoms with E-state index in [0.29, 0.717) is 6.04 Å². The van der Waals surface area contributed by atoms with Crippen LogP contribution >= 0.6 is 34.3 Å². The fourth-order valence-corrected chi connectivity index (χ4v) is 3.43. The molecule has 0 aliphatic heterocycles. The van der Waals surface area contributed by atoms with Crippen molar-refractivity contribution >= 4 is 34.3 Å². The largest absolute Gasteiger partial charge is 0.305 e. The summed E-state index contributed by atoms with van der Waals surface area (Å²) in [6.45, 7) is 5.22. The predicted molar refractivity (Wildman–Crippen MR) is 73.6 cm³/mol. The monoisotopic (exact) mass is 271 g/mol. The Bertz CT molecular complexity index is 461. The summed E-state index contributed by atoms with van der Waals surface area (Å²) in [7, 11) is 0. The number of hydrogen-bond acceptors (Lipinski definition) is 3. The Kier molecular flexibility index (Phi) is 4.03. The van der Waals surface area contributed by atoms with Crippen molar-refractivity contribution in [1.82, 2.24) is 5.32 Å². The van der Waals surface area contributed by atoms with Gasteiger partial charge < -0.3 is 5.32 Å². The molecular formula is C12H14ClNS2. The number of thiophene rings is 2. The van der Waals surface area contributed by atoms with Gasteiger partial charge in [-0.3, -0.25) is 0 Å². The van der Waals surface area contributed by atoms with Gasteiger partial charge in [0.05, 0.1) is 4.34 Å². The molecule has 16 heavy (non-hydrogen) atoms. The molecular weight excluding hydrogens is 258 g/mol. The van der Waals surface area contributed by atoms with Crippen LogP contribution < -0.4 is 5.32 Å². The van der Waals surface area contributed by atoms with Gasteiger partial charge >= 0.3 is 0 Å². The van der Waals surface area contributed by atoms with Crippen molar-refractivity contribution in [2.45, 2.75) is 26.4 Å². The van der Waals surface area contributed by atoms with E-state index >= 15 is 0 Å². The molecule has 1 N–H and O–H groups in total. The zero-order valence-electron chi connectivity index (χ0n) is 9.29. The van der Waals surface area contributed by atoms with Crippen molar-refractivity contribution in [2.75, 3.05) is 0 Å². The van der Waals surface area contributed by atoms with E-state index in [1.54, 1.807) is 11.3 Å². The molecule has 86 valence electrons. The first-order valence-corrected chi connectivity index (χ1v) is 7.20. The number of hydrogen-bond donors (Lipinski definition) is 1. The van der Waals surface area contributed by atoms with Crippen LogP contribution in [0.3, 0.4) is 0 Å². The van der Waals surface area contributed by atoms with Gasteiger partial charge in [0.1, 0.15) is 0 Å². The lowest BCUT2D eigenvalue weighted by Gasteiger charge is -2.10. The van der Waals surface area contributed by atoms with Gasteiger partial charge in [-0.1, -0.05) is 11.6 Å². The summed E-state index contributed by atoms with van der Waals surface area (Å²) in [5.74, 6) is 0. The number of rotatable bonds is 4. The average molecular weight is 272 g/mol. The highest BCUT2D eigenvalue weighted by Gasteiger charge is 2.07. The molecule has 4 heteroatoms. The maximum absolute atomic E-state index is 5.89. The first-order chi connectivity index (χ1) is 7.65. The van der Waals surface area contributed by atoms with Crippen molar-refractivity contribution in [3.8, 4) is 0 Å². The second-order valence-corrected chi connectivity index (χ2v) is 6.88. The second kappa shape index (κ2) is 5.32. The third kappa shape index (κ3) is 3.08. The SMILES string of the molecule is Cc1ccc(C(C)NCc2ccc(Cl)s2)s1. The molecule has 0 saturated carbocycles. The minimum Gasteiger partial charge on any atom is -0.305 e. The van der Waals surface area contributed by atoms with E-state index in [-0.39, 0.29) is 0 Å². The molecule has 2 heterocycles. The zero-order valence-corrected chi connectivity index (χ0v) is 11.7. The molecule has 2 rings (SSSR count). The summed E-state index contributed by atoms with van der Waals surface area (Å²) in [4.78, 5) is 4.04. The van der Waals surface area contributed by atoms with Crippen molar-refractivity contribution in [3.05, 3.63) is 43.2 Å². The predicted octanol–water partition coefficient (Wildman–Crippen LogP) is 4.62. The van der Waals surface area contributed by atoms with Gasteiger partial charge in [0.15, 0.2) is 0 Å². The van der Waals surface area contributed by atoms with E-state index in [0.717, 1.165) is 10.9 Å². The van der Waals surface area contributed by atoms with Crippen LogP contribution in [-0.2, 0) is 6.54 Å². The lowest BCUT2D eigenvalue weighted by Crippen LogP contribution is -2.16. The van der Waals surface area contributed by atoms with Crippen LogP contribution in [0, 0.1) is 6.92 Å². The van der Waals surface area contributed by atoms with Crippen molar-refractivity contribution in [1.29, 1.82) is 0 Å². The van der Waals surface area contributed by atoms with E-state index < -0.39 is 0 Å². The van der Waals surface area contributed by atoms with Crippen LogP contribution in [0.4, 0.5) is 0 Å². The van der Waals surface area contributed by atoms with Crippen molar-refractivity contribution < 1.29 is 0 Å². The molecule has 2 aromatic rings. The third-order valence-electron chi connectivity index (χ3n) is 2.40. The summed E-state index contributed by atoms with van der Waals surface area (Å²) in [6.07, 6.45) is 0. The van der Waals surface area contributed by atoms with Gasteiger partial charge in [-0.15, -0.1) is 22.7 Å². The van der Waals surface area contributed by atoms with E-state index in [4.69, 9.17) is 11.6 Å². The van der Waals surface area contributed by atoms with Gasteiger partial charge in [-0.05, 0) is 38.1 Å². The molecule has 2 aromatic heterocycles. The quantitative estimate of drug-likeness (QED) is 0.855. The molecule has 0 radical (unpaired) electrons. The van der Waals surface area contributed by atoms with Gasteiger partial charge in [0, 0.05) is 27.2 Å². The fraction of sp³-hybridized carbons (Fsp3) is 0.333. The first-order valence-electron chi connectivity index (χ1n) is 5.19. The average Bonchev–Trinajstić information content (AvgIpc) is 2.84. The van der Waals surface area contributed by atoms with Crippen LogP contribution in [0.15, 0.2) is 24.3 Å². The highest BCUT2D eigenvalue weighted by atomic mass is 35.5. The Morgan fingerprint density at radius 1 is 1.25 bits per heavy atom. The van der Waals surface area contributed by atoms with Gasteiger partial charge in [0.2, 0.25) is 0 Å². The summed E-state index contributed by atoms with van der Waals surface area (Å²) < 4.78 is 0.858. The number of nitrogens with one attached hydrogen (secondary N) is 1. The van der Waals surface area contributed by atoms with Crippen molar-refractivity contribution in [3.63, 3.8) is 0 Å². The first kappa shape index (κ1) is 12.1. The molecule has 0 bridgehead atoms. The number of halogens is 1. The highest BCUT2D eigenvalue weighted by Crippen LogP contribution is 2.24. The molecule has 0 spiro atoms. The van der Waals surface area contributed by atoms with E-state index in [9.17, 15) is 0 Å². The summed E-state index contributed by atoms with van der Waals surface area (Å²) >= 11 is 9.38. The van der Waals surface area contributed by atoms with Gasteiger partial charge in [-0.25, -0.2) is 0 Å². The van der Waals surface area contributed by atoms with Crippen LogP contribution in [0.5, 0.6) is 0 Å². The summed E-state index contributed by atoms with van der Waals surface area (Å²) in [5, 5.41) is 3.50. The highest BCUT2D eigenvalue weighted by molar-refractivity contribution is 7.16. The van der Waals surface area contributed by atoms with Crippen LogP contribution in [0.1, 0.15) is 27.6 Å². The van der Waals surface area contributed by atoms with Gasteiger partial charge in [0.25, 0.3) is 0 Å². The molecule has 0 aliphatic carbocycles. The lowest BCUT2D eigenvalue weighted by atomic mass is 10.2. The second-order valence-electron chi connectivity index (χ2n) is 3.76. The molecule has 1 unspecified atom stereocenters. The Hall–Kier alpha value is -0.350. The molecule has 0 amide bonds. The standard InChI is InChI=1S/C12H14ClNS2/c1-8-3-5-11(15-8)9(2)14-7-10-4-6-12(13)16-10/h3-6,9,14H,7H2,1-2H3. The summed E-state index contributed by atoms with van der Waals surface area (Å²) in [5.41, 5.74) is 0. The minimum atomic E-state index is 0.402. The molecule has 0 aromatic carbocycles. The smallest absolute Gasteiger partial charge is 0.0931 e. The molecule has 0 aliphatic rings. The molecule has 0 saturated heterocycles. The van der Waals surface area contributed by atoms with E-state index in [2.05, 4.69) is 37.4 Å². The molecule has 1 nitrogen and oxygen atoms in total. The van der Waals surface area contributed by atoms with Crippen LogP contribution in [0.25, 0.3) is 0 Å². The zero-order chi connectivity index (χ0) is 11.5. The Morgan fingerprint density at radius 3 is 2.62 bits per heavy atom. The lowest BCUT2D eigenvalue weighted by molar-refractivity contribution is 0.587. The fourth-order valence-electron chi connectivity index (χ4n) is 1.49. The Labute approximate surface area is 109 Å². The normalized spacial score (nSPS) is 12.9. The molecule has 0 fully saturated rings. The molecule has 1 atom stereocenters. The van der Waals surface area contributed by atoms with Gasteiger partial charge in [-0.2, -0.15) is 0 Å².